The highest BCUT2D eigenvalue weighted by molar-refractivity contribution is 5.87. The molecule has 4 aromatic rings. The van der Waals surface area contributed by atoms with Crippen LogP contribution in [0.2, 0.25) is 0 Å². The maximum absolute atomic E-state index is 15.7. The molecular weight excluding hydrogens is 513 g/mol. The number of ether oxygens (including phenoxy) is 1. The van der Waals surface area contributed by atoms with Crippen LogP contribution in [0.25, 0.3) is 28.0 Å². The van der Waals surface area contributed by atoms with Gasteiger partial charge in [0.05, 0.1) is 13.2 Å². The number of methoxy groups -OCH3 is 1. The van der Waals surface area contributed by atoms with Crippen LogP contribution in [0, 0.1) is 11.6 Å². The molecule has 0 bridgehead atoms. The van der Waals surface area contributed by atoms with E-state index in [-0.39, 0.29) is 23.7 Å². The summed E-state index contributed by atoms with van der Waals surface area (Å²) < 4.78 is 51.0. The first-order valence-corrected chi connectivity index (χ1v) is 13.2. The summed E-state index contributed by atoms with van der Waals surface area (Å²) in [5.41, 5.74) is 2.19. The SMILES string of the molecule is COC(=O)/C=C/c1cc(F)c(C2c3ccc(-c4ccc5cnccc5c4)cc3CC(C)N2CC(C)(C)F)c(F)c1. The molecule has 0 aliphatic carbocycles. The van der Waals surface area contributed by atoms with Gasteiger partial charge in [0.15, 0.2) is 0 Å². The van der Waals surface area contributed by atoms with Gasteiger partial charge in [0, 0.05) is 42.0 Å². The second-order valence-corrected chi connectivity index (χ2v) is 11.0. The molecule has 1 aliphatic rings. The van der Waals surface area contributed by atoms with Gasteiger partial charge in [-0.15, -0.1) is 0 Å². The number of carbonyl (C=O) groups is 1. The van der Waals surface area contributed by atoms with Gasteiger partial charge in [-0.1, -0.05) is 30.3 Å². The van der Waals surface area contributed by atoms with Crippen molar-refractivity contribution in [3.05, 3.63) is 107 Å². The van der Waals surface area contributed by atoms with E-state index >= 15 is 13.2 Å². The number of hydrogen-bond acceptors (Lipinski definition) is 4. The van der Waals surface area contributed by atoms with Crippen molar-refractivity contribution in [2.45, 2.75) is 44.9 Å². The van der Waals surface area contributed by atoms with Crippen LogP contribution in [0.4, 0.5) is 13.2 Å². The molecule has 0 amide bonds. The Hall–Kier alpha value is -3.97. The van der Waals surface area contributed by atoms with Crippen molar-refractivity contribution in [1.82, 2.24) is 9.88 Å². The summed E-state index contributed by atoms with van der Waals surface area (Å²) in [4.78, 5) is 17.5. The van der Waals surface area contributed by atoms with Crippen molar-refractivity contribution < 1.29 is 22.7 Å². The zero-order chi connectivity index (χ0) is 28.6. The van der Waals surface area contributed by atoms with Gasteiger partial charge in [0.1, 0.15) is 17.3 Å². The molecule has 40 heavy (non-hydrogen) atoms. The van der Waals surface area contributed by atoms with Crippen LogP contribution >= 0.6 is 0 Å². The van der Waals surface area contributed by atoms with Gasteiger partial charge in [0.2, 0.25) is 0 Å². The number of carbonyl (C=O) groups excluding carboxylic acids is 1. The van der Waals surface area contributed by atoms with Crippen LogP contribution in [-0.2, 0) is 16.0 Å². The minimum absolute atomic E-state index is 0.00160. The molecule has 2 atom stereocenters. The lowest BCUT2D eigenvalue weighted by molar-refractivity contribution is -0.134. The van der Waals surface area contributed by atoms with Crippen molar-refractivity contribution in [2.24, 2.45) is 0 Å². The molecule has 0 saturated carbocycles. The van der Waals surface area contributed by atoms with Crippen LogP contribution in [0.15, 0.2) is 73.1 Å². The Morgan fingerprint density at radius 3 is 2.45 bits per heavy atom. The van der Waals surface area contributed by atoms with Gasteiger partial charge in [-0.05, 0) is 90.7 Å². The summed E-state index contributed by atoms with van der Waals surface area (Å²) in [6.45, 7) is 4.90. The summed E-state index contributed by atoms with van der Waals surface area (Å²) >= 11 is 0. The fourth-order valence-corrected chi connectivity index (χ4v) is 5.56. The first-order valence-electron chi connectivity index (χ1n) is 13.2. The summed E-state index contributed by atoms with van der Waals surface area (Å²) in [5, 5.41) is 2.11. The molecule has 0 radical (unpaired) electrons. The second-order valence-electron chi connectivity index (χ2n) is 11.0. The largest absolute Gasteiger partial charge is 0.466 e. The highest BCUT2D eigenvalue weighted by Crippen LogP contribution is 2.42. The number of benzene rings is 3. The van der Waals surface area contributed by atoms with Gasteiger partial charge in [-0.25, -0.2) is 18.0 Å². The molecule has 1 aliphatic heterocycles. The molecule has 5 rings (SSSR count). The Kier molecular flexibility index (Phi) is 7.51. The predicted octanol–water partition coefficient (Wildman–Crippen LogP) is 7.45. The van der Waals surface area contributed by atoms with E-state index in [0.717, 1.165) is 39.1 Å². The Morgan fingerprint density at radius 1 is 1.05 bits per heavy atom. The van der Waals surface area contributed by atoms with E-state index < -0.39 is 29.3 Å². The third kappa shape index (κ3) is 5.65. The van der Waals surface area contributed by atoms with Gasteiger partial charge >= 0.3 is 5.97 Å². The highest BCUT2D eigenvalue weighted by atomic mass is 19.1. The molecule has 0 N–H and O–H groups in total. The molecule has 1 aromatic heterocycles. The number of hydrogen-bond donors (Lipinski definition) is 0. The van der Waals surface area contributed by atoms with E-state index in [4.69, 9.17) is 0 Å². The summed E-state index contributed by atoms with van der Waals surface area (Å²) in [5.74, 6) is -2.15. The topological polar surface area (TPSA) is 42.4 Å². The van der Waals surface area contributed by atoms with Crippen LogP contribution < -0.4 is 0 Å². The summed E-state index contributed by atoms with van der Waals surface area (Å²) in [6.07, 6.45) is 6.59. The maximum Gasteiger partial charge on any atom is 0.330 e. The van der Waals surface area contributed by atoms with Crippen molar-refractivity contribution in [3.8, 4) is 11.1 Å². The number of aromatic nitrogens is 1. The van der Waals surface area contributed by atoms with Crippen molar-refractivity contribution in [2.75, 3.05) is 13.7 Å². The molecular formula is C33H31F3N2O2. The van der Waals surface area contributed by atoms with Crippen molar-refractivity contribution in [1.29, 1.82) is 0 Å². The van der Waals surface area contributed by atoms with Crippen LogP contribution in [0.3, 0.4) is 0 Å². The lowest BCUT2D eigenvalue weighted by atomic mass is 9.82. The average molecular weight is 545 g/mol. The van der Waals surface area contributed by atoms with Crippen LogP contribution in [-0.4, -0.2) is 41.2 Å². The third-order valence-electron chi connectivity index (χ3n) is 7.37. The zero-order valence-corrected chi connectivity index (χ0v) is 22.9. The van der Waals surface area contributed by atoms with Gasteiger partial charge < -0.3 is 4.74 Å². The predicted molar refractivity (Wildman–Crippen MR) is 151 cm³/mol. The fraction of sp³-hybridized carbons (Fsp3) is 0.273. The fourth-order valence-electron chi connectivity index (χ4n) is 5.56. The number of pyridine rings is 1. The van der Waals surface area contributed by atoms with Crippen LogP contribution in [0.5, 0.6) is 0 Å². The van der Waals surface area contributed by atoms with Crippen molar-refractivity contribution >= 4 is 22.8 Å². The van der Waals surface area contributed by atoms with E-state index in [0.29, 0.717) is 6.42 Å². The third-order valence-corrected chi connectivity index (χ3v) is 7.37. The molecule has 0 spiro atoms. The Morgan fingerprint density at radius 2 is 1.75 bits per heavy atom. The number of rotatable bonds is 6. The Labute approximate surface area is 232 Å². The van der Waals surface area contributed by atoms with Crippen molar-refractivity contribution in [3.63, 3.8) is 0 Å². The lowest BCUT2D eigenvalue weighted by Crippen LogP contribution is -2.48. The van der Waals surface area contributed by atoms with E-state index in [2.05, 4.69) is 21.9 Å². The number of esters is 1. The van der Waals surface area contributed by atoms with Crippen LogP contribution in [0.1, 0.15) is 49.1 Å². The van der Waals surface area contributed by atoms with E-state index in [1.807, 2.05) is 48.4 Å². The Balaban J connectivity index is 1.61. The summed E-state index contributed by atoms with van der Waals surface area (Å²) in [6, 6.07) is 15.4. The quantitative estimate of drug-likeness (QED) is 0.187. The highest BCUT2D eigenvalue weighted by Gasteiger charge is 2.39. The average Bonchev–Trinajstić information content (AvgIpc) is 2.91. The zero-order valence-electron chi connectivity index (χ0n) is 22.9. The number of halogens is 3. The van der Waals surface area contributed by atoms with E-state index in [1.165, 1.54) is 39.2 Å². The molecule has 2 unspecified atom stereocenters. The summed E-state index contributed by atoms with van der Waals surface area (Å²) in [7, 11) is 1.22. The van der Waals surface area contributed by atoms with E-state index in [1.54, 1.807) is 6.20 Å². The Bertz CT molecular complexity index is 1590. The monoisotopic (exact) mass is 544 g/mol. The molecule has 2 heterocycles. The van der Waals surface area contributed by atoms with Gasteiger partial charge in [-0.3, -0.25) is 9.88 Å². The lowest BCUT2D eigenvalue weighted by Gasteiger charge is -2.44. The maximum atomic E-state index is 15.7. The minimum atomic E-state index is -1.58. The van der Waals surface area contributed by atoms with E-state index in [9.17, 15) is 4.79 Å². The molecule has 0 fully saturated rings. The molecule has 0 saturated heterocycles. The van der Waals surface area contributed by atoms with Gasteiger partial charge in [-0.2, -0.15) is 0 Å². The smallest absolute Gasteiger partial charge is 0.330 e. The molecule has 3 aromatic carbocycles. The molecule has 206 valence electrons. The number of fused-ring (bicyclic) bond motifs is 2. The number of nitrogens with zero attached hydrogens (tertiary/aromatic N) is 2. The second kappa shape index (κ2) is 10.9. The first kappa shape index (κ1) is 27.6. The standard InChI is InChI=1S/C33H31F3N2O2/c1-20-13-26-17-23(22-6-7-25-18-37-12-11-24(25)16-22)8-9-27(26)32(38(20)19-33(2,3)36)31-28(34)14-21(15-29(31)35)5-10-30(39)40-4/h5-12,14-18,20,32H,13,19H2,1-4H3/b10-5+. The molecule has 7 heteroatoms. The first-order chi connectivity index (χ1) is 19.0. The minimum Gasteiger partial charge on any atom is -0.466 e. The molecule has 4 nitrogen and oxygen atoms in total. The number of alkyl halides is 1. The van der Waals surface area contributed by atoms with Gasteiger partial charge in [0.25, 0.3) is 0 Å². The normalized spacial score (nSPS) is 17.8.